The van der Waals surface area contributed by atoms with E-state index in [2.05, 4.69) is 50.8 Å². The summed E-state index contributed by atoms with van der Waals surface area (Å²) in [6.45, 7) is 8.20. The lowest BCUT2D eigenvalue weighted by molar-refractivity contribution is -0.118. The maximum atomic E-state index is 12.7. The number of benzene rings is 2. The van der Waals surface area contributed by atoms with Crippen LogP contribution in [0.2, 0.25) is 0 Å². The number of carbonyl (C=O) groups excluding carboxylic acids is 2. The number of carbonyl (C=O) groups is 2. The summed E-state index contributed by atoms with van der Waals surface area (Å²) in [4.78, 5) is 24.7. The van der Waals surface area contributed by atoms with Gasteiger partial charge in [-0.05, 0) is 85.1 Å². The summed E-state index contributed by atoms with van der Waals surface area (Å²) >= 11 is 0. The van der Waals surface area contributed by atoms with Crippen LogP contribution in [0.5, 0.6) is 0 Å². The number of Topliss-reactive ketones (excluding diaryl/α,β-unsaturated/α-hetero) is 1. The van der Waals surface area contributed by atoms with E-state index in [1.807, 2.05) is 30.3 Å². The molecule has 0 aliphatic heterocycles. The van der Waals surface area contributed by atoms with E-state index in [-0.39, 0.29) is 11.6 Å². The van der Waals surface area contributed by atoms with Gasteiger partial charge in [-0.3, -0.25) is 9.59 Å². The van der Waals surface area contributed by atoms with Gasteiger partial charge < -0.3 is 0 Å². The van der Waals surface area contributed by atoms with Crippen molar-refractivity contribution in [2.24, 2.45) is 11.8 Å². The van der Waals surface area contributed by atoms with Crippen molar-refractivity contribution in [1.82, 2.24) is 0 Å². The summed E-state index contributed by atoms with van der Waals surface area (Å²) in [5.74, 6) is 2.00. The number of allylic oxidation sites excluding steroid dienone is 5. The fourth-order valence-electron chi connectivity index (χ4n) is 6.40. The molecule has 2 aromatic rings. The Labute approximate surface area is 217 Å². The van der Waals surface area contributed by atoms with Crippen LogP contribution < -0.4 is 0 Å². The van der Waals surface area contributed by atoms with Crippen LogP contribution in [-0.2, 0) is 22.4 Å². The third-order valence-corrected chi connectivity index (χ3v) is 7.96. The minimum absolute atomic E-state index is 0.141. The fraction of sp³-hybridized carbons (Fsp3) is 0.412. The van der Waals surface area contributed by atoms with E-state index in [0.29, 0.717) is 37.0 Å². The highest BCUT2D eigenvalue weighted by atomic mass is 16.1. The van der Waals surface area contributed by atoms with Crippen LogP contribution in [0.15, 0.2) is 90.0 Å². The van der Waals surface area contributed by atoms with Crippen molar-refractivity contribution in [2.75, 3.05) is 0 Å². The molecule has 0 saturated heterocycles. The molecular formula is C34H40O2. The zero-order chi connectivity index (χ0) is 25.5. The van der Waals surface area contributed by atoms with E-state index < -0.39 is 0 Å². The molecule has 2 aromatic carbocycles. The van der Waals surface area contributed by atoms with Crippen molar-refractivity contribution < 1.29 is 9.59 Å². The molecule has 1 saturated carbocycles. The SMILES string of the molecule is C=CC(=O)CCC1=C(C2CCCC(c3cccc(CC(=O)Cc4ccccc4)c3)C2)C(C)=CC(C)C1. The Kier molecular flexibility index (Phi) is 8.91. The van der Waals surface area contributed by atoms with Crippen molar-refractivity contribution >= 4 is 11.6 Å². The molecule has 0 heterocycles. The minimum atomic E-state index is 0.141. The van der Waals surface area contributed by atoms with Crippen molar-refractivity contribution in [1.29, 1.82) is 0 Å². The van der Waals surface area contributed by atoms with Gasteiger partial charge in [0.15, 0.2) is 5.78 Å². The first-order valence-electron chi connectivity index (χ1n) is 13.6. The molecule has 1 fully saturated rings. The normalized spacial score (nSPS) is 22.2. The summed E-state index contributed by atoms with van der Waals surface area (Å²) in [6, 6.07) is 18.8. The van der Waals surface area contributed by atoms with E-state index in [1.165, 1.54) is 47.6 Å². The molecule has 2 aliphatic carbocycles. The molecule has 0 radical (unpaired) electrons. The molecule has 2 heteroatoms. The Morgan fingerprint density at radius 3 is 2.47 bits per heavy atom. The zero-order valence-electron chi connectivity index (χ0n) is 22.0. The summed E-state index contributed by atoms with van der Waals surface area (Å²) in [6.07, 6.45) is 12.2. The van der Waals surface area contributed by atoms with Crippen LogP contribution in [0.3, 0.4) is 0 Å². The van der Waals surface area contributed by atoms with Gasteiger partial charge in [-0.1, -0.05) is 91.7 Å². The van der Waals surface area contributed by atoms with Crippen molar-refractivity contribution in [3.63, 3.8) is 0 Å². The van der Waals surface area contributed by atoms with Gasteiger partial charge >= 0.3 is 0 Å². The number of rotatable bonds is 10. The predicted octanol–water partition coefficient (Wildman–Crippen LogP) is 8.13. The maximum absolute atomic E-state index is 12.7. The molecule has 3 unspecified atom stereocenters. The Morgan fingerprint density at radius 2 is 1.69 bits per heavy atom. The topological polar surface area (TPSA) is 34.1 Å². The quantitative estimate of drug-likeness (QED) is 0.322. The van der Waals surface area contributed by atoms with Crippen LogP contribution in [0, 0.1) is 11.8 Å². The average molecular weight is 481 g/mol. The van der Waals surface area contributed by atoms with Crippen LogP contribution in [0.25, 0.3) is 0 Å². The molecule has 0 spiro atoms. The minimum Gasteiger partial charge on any atom is -0.299 e. The second-order valence-corrected chi connectivity index (χ2v) is 10.9. The van der Waals surface area contributed by atoms with Gasteiger partial charge in [-0.25, -0.2) is 0 Å². The fourth-order valence-corrected chi connectivity index (χ4v) is 6.40. The molecular weight excluding hydrogens is 440 g/mol. The number of hydrogen-bond acceptors (Lipinski definition) is 2. The highest BCUT2D eigenvalue weighted by Gasteiger charge is 2.30. The third-order valence-electron chi connectivity index (χ3n) is 7.96. The molecule has 2 nitrogen and oxygen atoms in total. The molecule has 4 rings (SSSR count). The molecule has 2 aliphatic rings. The van der Waals surface area contributed by atoms with Gasteiger partial charge in [0.2, 0.25) is 0 Å². The van der Waals surface area contributed by atoms with E-state index in [1.54, 1.807) is 0 Å². The monoisotopic (exact) mass is 480 g/mol. The molecule has 0 bridgehead atoms. The second-order valence-electron chi connectivity index (χ2n) is 10.9. The number of ketones is 2. The third kappa shape index (κ3) is 6.81. The lowest BCUT2D eigenvalue weighted by Crippen LogP contribution is -2.21. The summed E-state index contributed by atoms with van der Waals surface area (Å²) in [5.41, 5.74) is 8.02. The van der Waals surface area contributed by atoms with Crippen molar-refractivity contribution in [3.8, 4) is 0 Å². The van der Waals surface area contributed by atoms with Gasteiger partial charge in [0.1, 0.15) is 5.78 Å². The van der Waals surface area contributed by atoms with E-state index in [0.717, 1.165) is 30.4 Å². The van der Waals surface area contributed by atoms with E-state index >= 15 is 0 Å². The smallest absolute Gasteiger partial charge is 0.155 e. The van der Waals surface area contributed by atoms with Gasteiger partial charge in [-0.2, -0.15) is 0 Å². The summed E-state index contributed by atoms with van der Waals surface area (Å²) in [5, 5.41) is 0. The van der Waals surface area contributed by atoms with Gasteiger partial charge in [0.05, 0.1) is 0 Å². The molecule has 0 aromatic heterocycles. The maximum Gasteiger partial charge on any atom is 0.155 e. The summed E-state index contributed by atoms with van der Waals surface area (Å²) < 4.78 is 0. The summed E-state index contributed by atoms with van der Waals surface area (Å²) in [7, 11) is 0. The Hall–Kier alpha value is -3.00. The van der Waals surface area contributed by atoms with Gasteiger partial charge in [0.25, 0.3) is 0 Å². The first-order chi connectivity index (χ1) is 17.4. The second kappa shape index (κ2) is 12.3. The Bertz CT molecular complexity index is 1150. The van der Waals surface area contributed by atoms with E-state index in [4.69, 9.17) is 0 Å². The largest absolute Gasteiger partial charge is 0.299 e. The first kappa shape index (κ1) is 26.1. The van der Waals surface area contributed by atoms with E-state index in [9.17, 15) is 9.59 Å². The molecule has 188 valence electrons. The Balaban J connectivity index is 1.47. The molecule has 0 amide bonds. The predicted molar refractivity (Wildman–Crippen MR) is 149 cm³/mol. The van der Waals surface area contributed by atoms with Crippen molar-refractivity contribution in [3.05, 3.63) is 107 Å². The highest BCUT2D eigenvalue weighted by molar-refractivity contribution is 5.89. The standard InChI is InChI=1S/C34H40O2/c1-4-32(35)17-16-31-19-24(2)18-25(3)34(31)30-15-9-14-29(23-30)28-13-8-12-27(20-28)22-33(36)21-26-10-6-5-7-11-26/h4-8,10-13,18,20,24,29-30H,1,9,14-17,19,21-23H2,2-3H3. The molecule has 3 atom stereocenters. The number of hydrogen-bond donors (Lipinski definition) is 0. The van der Waals surface area contributed by atoms with Gasteiger partial charge in [0, 0.05) is 19.3 Å². The highest BCUT2D eigenvalue weighted by Crippen LogP contribution is 2.45. The average Bonchev–Trinajstić information content (AvgIpc) is 2.87. The Morgan fingerprint density at radius 1 is 0.972 bits per heavy atom. The zero-order valence-corrected chi connectivity index (χ0v) is 22.0. The first-order valence-corrected chi connectivity index (χ1v) is 13.6. The molecule has 0 N–H and O–H groups in total. The lowest BCUT2D eigenvalue weighted by atomic mass is 9.69. The molecule has 36 heavy (non-hydrogen) atoms. The van der Waals surface area contributed by atoms with Crippen LogP contribution in [0.1, 0.15) is 81.4 Å². The van der Waals surface area contributed by atoms with Crippen LogP contribution in [0.4, 0.5) is 0 Å². The van der Waals surface area contributed by atoms with Gasteiger partial charge in [-0.15, -0.1) is 0 Å². The lowest BCUT2D eigenvalue weighted by Gasteiger charge is -2.35. The van der Waals surface area contributed by atoms with Crippen molar-refractivity contribution in [2.45, 2.75) is 77.6 Å². The van der Waals surface area contributed by atoms with Crippen LogP contribution in [-0.4, -0.2) is 11.6 Å². The van der Waals surface area contributed by atoms with Crippen LogP contribution >= 0.6 is 0 Å².